The molecule has 6 heteroatoms. The standard InChI is InChI=1S/C22H20N2O4/c1-28-21-14-20(26)18(22(27)16-5-3-2-4-6-16)13-19(21)24-23-17-9-7-15(8-10-17)11-12-25/h2-10,13-14,25-26H,11-12H2,1H3. The molecule has 3 rings (SSSR count). The van der Waals surface area contributed by atoms with Gasteiger partial charge in [-0.25, -0.2) is 0 Å². The molecule has 0 fully saturated rings. The molecule has 28 heavy (non-hydrogen) atoms. The molecule has 3 aromatic rings. The second-order valence-electron chi connectivity index (χ2n) is 6.08. The number of aliphatic hydroxyl groups is 1. The fraction of sp³-hybridized carbons (Fsp3) is 0.136. The Morgan fingerprint density at radius 2 is 1.71 bits per heavy atom. The first-order valence-corrected chi connectivity index (χ1v) is 8.74. The number of methoxy groups -OCH3 is 1. The molecular formula is C22H20N2O4. The molecule has 0 aliphatic rings. The minimum absolute atomic E-state index is 0.0871. The Kier molecular flexibility index (Phi) is 6.14. The highest BCUT2D eigenvalue weighted by atomic mass is 16.5. The molecule has 0 aliphatic carbocycles. The van der Waals surface area contributed by atoms with Crippen LogP contribution in [0.15, 0.2) is 77.0 Å². The number of aliphatic hydroxyl groups excluding tert-OH is 1. The summed E-state index contributed by atoms with van der Waals surface area (Å²) in [4.78, 5) is 12.7. The van der Waals surface area contributed by atoms with Crippen LogP contribution in [-0.2, 0) is 6.42 Å². The quantitative estimate of drug-likeness (QED) is 0.466. The molecule has 0 atom stereocenters. The van der Waals surface area contributed by atoms with Gasteiger partial charge in [0.05, 0.1) is 18.4 Å². The second kappa shape index (κ2) is 8.92. The Bertz CT molecular complexity index is 983. The maximum atomic E-state index is 12.7. The number of azo groups is 1. The lowest BCUT2D eigenvalue weighted by molar-refractivity contribution is 0.103. The predicted octanol–water partition coefficient (Wildman–Crippen LogP) is 4.58. The van der Waals surface area contributed by atoms with Crippen LogP contribution in [0.4, 0.5) is 11.4 Å². The summed E-state index contributed by atoms with van der Waals surface area (Å²) in [5.41, 5.74) is 2.54. The first kappa shape index (κ1) is 19.3. The van der Waals surface area contributed by atoms with Crippen molar-refractivity contribution in [2.75, 3.05) is 13.7 Å². The summed E-state index contributed by atoms with van der Waals surface area (Å²) < 4.78 is 5.25. The van der Waals surface area contributed by atoms with E-state index in [1.165, 1.54) is 19.2 Å². The third kappa shape index (κ3) is 4.42. The van der Waals surface area contributed by atoms with Crippen molar-refractivity contribution < 1.29 is 19.7 Å². The van der Waals surface area contributed by atoms with Crippen LogP contribution in [-0.4, -0.2) is 29.7 Å². The molecule has 3 aromatic carbocycles. The molecule has 142 valence electrons. The number of phenolic OH excluding ortho intramolecular Hbond substituents is 1. The monoisotopic (exact) mass is 376 g/mol. The Hall–Kier alpha value is -3.51. The summed E-state index contributed by atoms with van der Waals surface area (Å²) in [6, 6.07) is 18.8. The molecule has 6 nitrogen and oxygen atoms in total. The van der Waals surface area contributed by atoms with Crippen LogP contribution in [0, 0.1) is 0 Å². The van der Waals surface area contributed by atoms with E-state index in [-0.39, 0.29) is 23.7 Å². The number of rotatable bonds is 7. The number of benzene rings is 3. The number of aromatic hydroxyl groups is 1. The molecule has 0 heterocycles. The summed E-state index contributed by atoms with van der Waals surface area (Å²) >= 11 is 0. The Labute approximate surface area is 162 Å². The van der Waals surface area contributed by atoms with E-state index in [1.54, 1.807) is 36.4 Å². The number of hydrogen-bond donors (Lipinski definition) is 2. The van der Waals surface area contributed by atoms with E-state index >= 15 is 0 Å². The molecule has 0 radical (unpaired) electrons. The summed E-state index contributed by atoms with van der Waals surface area (Å²) in [7, 11) is 1.45. The van der Waals surface area contributed by atoms with Crippen molar-refractivity contribution in [2.24, 2.45) is 10.2 Å². The van der Waals surface area contributed by atoms with Gasteiger partial charge < -0.3 is 14.9 Å². The number of hydrogen-bond acceptors (Lipinski definition) is 6. The first-order valence-electron chi connectivity index (χ1n) is 8.74. The maximum absolute atomic E-state index is 12.7. The third-order valence-electron chi connectivity index (χ3n) is 4.19. The van der Waals surface area contributed by atoms with Crippen LogP contribution >= 0.6 is 0 Å². The van der Waals surface area contributed by atoms with E-state index in [1.807, 2.05) is 18.2 Å². The van der Waals surface area contributed by atoms with Gasteiger partial charge in [0, 0.05) is 18.2 Å². The summed E-state index contributed by atoms with van der Waals surface area (Å²) in [5.74, 6) is -0.189. The Morgan fingerprint density at radius 1 is 1.00 bits per heavy atom. The van der Waals surface area contributed by atoms with Gasteiger partial charge in [-0.2, -0.15) is 5.11 Å². The van der Waals surface area contributed by atoms with Crippen molar-refractivity contribution in [1.29, 1.82) is 0 Å². The van der Waals surface area contributed by atoms with Crippen molar-refractivity contribution in [2.45, 2.75) is 6.42 Å². The Morgan fingerprint density at radius 3 is 2.36 bits per heavy atom. The zero-order valence-corrected chi connectivity index (χ0v) is 15.4. The average Bonchev–Trinajstić information content (AvgIpc) is 2.74. The first-order chi connectivity index (χ1) is 13.6. The third-order valence-corrected chi connectivity index (χ3v) is 4.19. The van der Waals surface area contributed by atoms with E-state index in [0.717, 1.165) is 5.56 Å². The highest BCUT2D eigenvalue weighted by Gasteiger charge is 2.17. The SMILES string of the molecule is COc1cc(O)c(C(=O)c2ccccc2)cc1N=Nc1ccc(CCO)cc1. The zero-order chi connectivity index (χ0) is 19.9. The van der Waals surface area contributed by atoms with Crippen LogP contribution in [0.5, 0.6) is 11.5 Å². The molecular weight excluding hydrogens is 356 g/mol. The average molecular weight is 376 g/mol. The molecule has 0 bridgehead atoms. The molecule has 0 saturated carbocycles. The number of ether oxygens (including phenoxy) is 1. The van der Waals surface area contributed by atoms with E-state index in [9.17, 15) is 9.90 Å². The van der Waals surface area contributed by atoms with Crippen LogP contribution in [0.1, 0.15) is 21.5 Å². The molecule has 0 saturated heterocycles. The van der Waals surface area contributed by atoms with Gasteiger partial charge in [0.25, 0.3) is 0 Å². The van der Waals surface area contributed by atoms with Crippen LogP contribution in [0.2, 0.25) is 0 Å². The van der Waals surface area contributed by atoms with Gasteiger partial charge in [0.2, 0.25) is 0 Å². The molecule has 0 unspecified atom stereocenters. The maximum Gasteiger partial charge on any atom is 0.196 e. The van der Waals surface area contributed by atoms with E-state index < -0.39 is 0 Å². The van der Waals surface area contributed by atoms with Gasteiger partial charge in [0.15, 0.2) is 5.78 Å². The van der Waals surface area contributed by atoms with Gasteiger partial charge in [-0.05, 0) is 30.2 Å². The second-order valence-corrected chi connectivity index (χ2v) is 6.08. The van der Waals surface area contributed by atoms with Crippen molar-refractivity contribution in [3.8, 4) is 11.5 Å². The lowest BCUT2D eigenvalue weighted by Gasteiger charge is -2.09. The molecule has 0 aromatic heterocycles. The minimum Gasteiger partial charge on any atom is -0.507 e. The summed E-state index contributed by atoms with van der Waals surface area (Å²) in [5, 5.41) is 27.6. The topological polar surface area (TPSA) is 91.5 Å². The van der Waals surface area contributed by atoms with Crippen molar-refractivity contribution in [1.82, 2.24) is 0 Å². The predicted molar refractivity (Wildman–Crippen MR) is 106 cm³/mol. The van der Waals surface area contributed by atoms with E-state index in [4.69, 9.17) is 9.84 Å². The normalized spacial score (nSPS) is 10.9. The van der Waals surface area contributed by atoms with Gasteiger partial charge in [-0.1, -0.05) is 42.5 Å². The number of nitrogens with zero attached hydrogens (tertiary/aromatic N) is 2. The Balaban J connectivity index is 1.92. The van der Waals surface area contributed by atoms with Crippen LogP contribution in [0.25, 0.3) is 0 Å². The number of carbonyl (C=O) groups is 1. The summed E-state index contributed by atoms with van der Waals surface area (Å²) in [6.07, 6.45) is 0.578. The van der Waals surface area contributed by atoms with E-state index in [2.05, 4.69) is 10.2 Å². The largest absolute Gasteiger partial charge is 0.507 e. The lowest BCUT2D eigenvalue weighted by atomic mass is 10.0. The van der Waals surface area contributed by atoms with Crippen molar-refractivity contribution in [3.05, 3.63) is 83.4 Å². The number of carbonyl (C=O) groups excluding carboxylic acids is 1. The lowest BCUT2D eigenvalue weighted by Crippen LogP contribution is -2.01. The van der Waals surface area contributed by atoms with Crippen LogP contribution < -0.4 is 4.74 Å². The van der Waals surface area contributed by atoms with Crippen molar-refractivity contribution in [3.63, 3.8) is 0 Å². The smallest absolute Gasteiger partial charge is 0.196 e. The molecule has 0 aliphatic heterocycles. The number of ketones is 1. The zero-order valence-electron chi connectivity index (χ0n) is 15.4. The van der Waals surface area contributed by atoms with Gasteiger partial charge >= 0.3 is 0 Å². The summed E-state index contributed by atoms with van der Waals surface area (Å²) in [6.45, 7) is 0.0871. The highest BCUT2D eigenvalue weighted by molar-refractivity contribution is 6.11. The number of phenols is 1. The van der Waals surface area contributed by atoms with Crippen molar-refractivity contribution >= 4 is 17.2 Å². The fourth-order valence-corrected chi connectivity index (χ4v) is 2.70. The van der Waals surface area contributed by atoms with E-state index in [0.29, 0.717) is 29.1 Å². The fourth-order valence-electron chi connectivity index (χ4n) is 2.70. The molecule has 0 amide bonds. The van der Waals surface area contributed by atoms with Crippen LogP contribution in [0.3, 0.4) is 0 Å². The van der Waals surface area contributed by atoms with Gasteiger partial charge in [-0.3, -0.25) is 4.79 Å². The van der Waals surface area contributed by atoms with Gasteiger partial charge in [0.1, 0.15) is 17.2 Å². The molecule has 2 N–H and O–H groups in total. The molecule has 0 spiro atoms. The minimum atomic E-state index is -0.314. The van der Waals surface area contributed by atoms with Gasteiger partial charge in [-0.15, -0.1) is 5.11 Å². The highest BCUT2D eigenvalue weighted by Crippen LogP contribution is 2.36.